The molecule has 1 atom stereocenters. The van der Waals surface area contributed by atoms with Gasteiger partial charge in [-0.3, -0.25) is 4.79 Å². The zero-order valence-electron chi connectivity index (χ0n) is 20.7. The molecule has 2 aliphatic heterocycles. The van der Waals surface area contributed by atoms with E-state index in [2.05, 4.69) is 20.2 Å². The molecule has 10 heteroatoms. The van der Waals surface area contributed by atoms with Crippen LogP contribution in [0, 0.1) is 0 Å². The van der Waals surface area contributed by atoms with E-state index >= 15 is 0 Å². The maximum Gasteiger partial charge on any atom is 0.260 e. The zero-order valence-corrected chi connectivity index (χ0v) is 20.7. The number of hydrogen-bond acceptors (Lipinski definition) is 9. The second-order valence-corrected chi connectivity index (χ2v) is 9.41. The number of carbonyl (C=O) groups excluding carboxylic acids is 1. The van der Waals surface area contributed by atoms with E-state index < -0.39 is 5.60 Å². The van der Waals surface area contributed by atoms with E-state index in [0.29, 0.717) is 51.7 Å². The number of aliphatic hydroxyl groups is 1. The topological polar surface area (TPSA) is 103 Å². The highest BCUT2D eigenvalue weighted by Crippen LogP contribution is 2.26. The van der Waals surface area contributed by atoms with Crippen molar-refractivity contribution in [2.75, 3.05) is 76.4 Å². The van der Waals surface area contributed by atoms with E-state index in [1.54, 1.807) is 11.2 Å². The molecule has 2 aliphatic rings. The average molecular weight is 485 g/mol. The van der Waals surface area contributed by atoms with Crippen LogP contribution in [0.1, 0.15) is 18.4 Å². The number of morpholine rings is 1. The Labute approximate surface area is 206 Å². The zero-order chi connectivity index (χ0) is 24.7. The van der Waals surface area contributed by atoms with Crippen LogP contribution >= 0.6 is 0 Å². The number of nitrogens with one attached hydrogen (secondary N) is 1. The molecule has 2 N–H and O–H groups in total. The van der Waals surface area contributed by atoms with E-state index in [9.17, 15) is 9.90 Å². The summed E-state index contributed by atoms with van der Waals surface area (Å²) in [6, 6.07) is 9.65. The lowest BCUT2D eigenvalue weighted by atomic mass is 9.92. The molecule has 0 saturated carbocycles. The fraction of sp³-hybridized carbons (Fsp3) is 0.560. The van der Waals surface area contributed by atoms with Crippen molar-refractivity contribution in [3.63, 3.8) is 0 Å². The first-order valence-corrected chi connectivity index (χ1v) is 12.2. The minimum atomic E-state index is -0.829. The highest BCUT2D eigenvalue weighted by Gasteiger charge is 2.33. The summed E-state index contributed by atoms with van der Waals surface area (Å²) in [5.41, 5.74) is 0.254. The van der Waals surface area contributed by atoms with Gasteiger partial charge in [0, 0.05) is 59.4 Å². The van der Waals surface area contributed by atoms with Crippen LogP contribution in [0.3, 0.4) is 0 Å². The number of β-amino-alcohol motifs (C(OH)–C–C–N with tert-alkyl or cyclic N) is 1. The molecule has 10 nitrogen and oxygen atoms in total. The number of piperidine rings is 1. The van der Waals surface area contributed by atoms with E-state index in [0.717, 1.165) is 36.6 Å². The molecule has 2 fully saturated rings. The number of hydrogen-bond donors (Lipinski definition) is 2. The first-order valence-electron chi connectivity index (χ1n) is 12.2. The van der Waals surface area contributed by atoms with Crippen LogP contribution in [-0.2, 0) is 16.1 Å². The number of nitrogens with zero attached hydrogens (tertiary/aromatic N) is 5. The average Bonchev–Trinajstić information content (AvgIpc) is 2.88. The Morgan fingerprint density at radius 3 is 2.71 bits per heavy atom. The van der Waals surface area contributed by atoms with Gasteiger partial charge in [-0.25, -0.2) is 9.97 Å². The molecule has 1 amide bonds. The maximum atomic E-state index is 12.2. The molecular weight excluding hydrogens is 448 g/mol. The van der Waals surface area contributed by atoms with Gasteiger partial charge in [-0.2, -0.15) is 0 Å². The maximum absolute atomic E-state index is 12.2. The van der Waals surface area contributed by atoms with Crippen molar-refractivity contribution >= 4 is 17.5 Å². The molecule has 35 heavy (non-hydrogen) atoms. The van der Waals surface area contributed by atoms with Gasteiger partial charge in [0.1, 0.15) is 23.7 Å². The van der Waals surface area contributed by atoms with E-state index in [-0.39, 0.29) is 12.5 Å². The molecule has 0 spiro atoms. The molecule has 0 aliphatic carbocycles. The Balaban J connectivity index is 1.23. The van der Waals surface area contributed by atoms with E-state index in [1.165, 1.54) is 0 Å². The number of amides is 1. The molecule has 1 aromatic heterocycles. The smallest absolute Gasteiger partial charge is 0.260 e. The molecule has 4 rings (SSSR count). The van der Waals surface area contributed by atoms with Crippen molar-refractivity contribution in [1.29, 1.82) is 0 Å². The number of ether oxygens (including phenoxy) is 2. The summed E-state index contributed by atoms with van der Waals surface area (Å²) in [5, 5.41) is 14.6. The van der Waals surface area contributed by atoms with Crippen molar-refractivity contribution in [2.45, 2.75) is 25.0 Å². The van der Waals surface area contributed by atoms with Crippen LogP contribution in [0.2, 0.25) is 0 Å². The molecule has 2 saturated heterocycles. The van der Waals surface area contributed by atoms with Crippen molar-refractivity contribution in [3.05, 3.63) is 42.2 Å². The number of benzene rings is 1. The van der Waals surface area contributed by atoms with Gasteiger partial charge >= 0.3 is 0 Å². The largest absolute Gasteiger partial charge is 0.484 e. The summed E-state index contributed by atoms with van der Waals surface area (Å²) < 4.78 is 10.9. The number of carbonyl (C=O) groups is 1. The summed E-state index contributed by atoms with van der Waals surface area (Å²) in [6.07, 6.45) is 3.21. The third kappa shape index (κ3) is 7.03. The van der Waals surface area contributed by atoms with Gasteiger partial charge in [0.15, 0.2) is 6.61 Å². The molecule has 0 radical (unpaired) electrons. The van der Waals surface area contributed by atoms with E-state index in [4.69, 9.17) is 9.47 Å². The lowest BCUT2D eigenvalue weighted by Gasteiger charge is -2.40. The standard InChI is InChI=1S/C25H36N6O4/c1-29(2)22-14-23(28-19-27-22)31-9-3-8-25(33,18-31)17-26-15-20-4-6-21(7-5-20)35-16-24(32)30-10-12-34-13-11-30/h4-7,14,19,26,33H,3,8-13,15-18H2,1-2H3/t25-/m1/s1. The molecule has 1 aromatic carbocycles. The van der Waals surface area contributed by atoms with Crippen LogP contribution in [0.4, 0.5) is 11.6 Å². The molecular formula is C25H36N6O4. The Morgan fingerprint density at radius 2 is 1.97 bits per heavy atom. The van der Waals surface area contributed by atoms with Crippen molar-refractivity contribution in [2.24, 2.45) is 0 Å². The van der Waals surface area contributed by atoms with Gasteiger partial charge in [0.05, 0.1) is 18.8 Å². The van der Waals surface area contributed by atoms with Gasteiger partial charge in [0.25, 0.3) is 5.91 Å². The fourth-order valence-electron chi connectivity index (χ4n) is 4.40. The van der Waals surface area contributed by atoms with Crippen LogP contribution in [0.5, 0.6) is 5.75 Å². The first-order chi connectivity index (χ1) is 16.9. The fourth-order valence-corrected chi connectivity index (χ4v) is 4.40. The Hall–Kier alpha value is -2.95. The number of anilines is 2. The highest BCUT2D eigenvalue weighted by atomic mass is 16.5. The Kier molecular flexibility index (Phi) is 8.37. The predicted octanol–water partition coefficient (Wildman–Crippen LogP) is 0.901. The van der Waals surface area contributed by atoms with Crippen molar-refractivity contribution in [1.82, 2.24) is 20.2 Å². The molecule has 0 unspecified atom stereocenters. The van der Waals surface area contributed by atoms with Crippen molar-refractivity contribution in [3.8, 4) is 5.75 Å². The van der Waals surface area contributed by atoms with Crippen LogP contribution < -0.4 is 19.9 Å². The molecule has 2 aromatic rings. The normalized spacial score (nSPS) is 20.5. The molecule has 0 bridgehead atoms. The van der Waals surface area contributed by atoms with Gasteiger partial charge < -0.3 is 34.6 Å². The minimum absolute atomic E-state index is 0.0197. The van der Waals surface area contributed by atoms with Crippen LogP contribution in [-0.4, -0.2) is 98.1 Å². The van der Waals surface area contributed by atoms with E-state index in [1.807, 2.05) is 49.3 Å². The monoisotopic (exact) mass is 484 g/mol. The van der Waals surface area contributed by atoms with Gasteiger partial charge in [-0.1, -0.05) is 12.1 Å². The van der Waals surface area contributed by atoms with Gasteiger partial charge in [-0.05, 0) is 30.5 Å². The number of rotatable bonds is 9. The summed E-state index contributed by atoms with van der Waals surface area (Å²) in [5.74, 6) is 2.33. The molecule has 190 valence electrons. The molecule has 3 heterocycles. The van der Waals surface area contributed by atoms with Crippen molar-refractivity contribution < 1.29 is 19.4 Å². The lowest BCUT2D eigenvalue weighted by Crippen LogP contribution is -2.53. The third-order valence-corrected chi connectivity index (χ3v) is 6.41. The predicted molar refractivity (Wildman–Crippen MR) is 134 cm³/mol. The SMILES string of the molecule is CN(C)c1cc(N2CCC[C@@](O)(CNCc3ccc(OCC(=O)N4CCOCC4)cc3)C2)ncn1. The Bertz CT molecular complexity index is 967. The Morgan fingerprint density at radius 1 is 1.20 bits per heavy atom. The summed E-state index contributed by atoms with van der Waals surface area (Å²) >= 11 is 0. The summed E-state index contributed by atoms with van der Waals surface area (Å²) in [4.78, 5) is 26.8. The minimum Gasteiger partial charge on any atom is -0.484 e. The quantitative estimate of drug-likeness (QED) is 0.537. The number of aromatic nitrogens is 2. The lowest BCUT2D eigenvalue weighted by molar-refractivity contribution is -0.137. The summed E-state index contributed by atoms with van der Waals surface area (Å²) in [6.45, 7) is 4.94. The summed E-state index contributed by atoms with van der Waals surface area (Å²) in [7, 11) is 3.90. The third-order valence-electron chi connectivity index (χ3n) is 6.41. The van der Waals surface area contributed by atoms with Crippen LogP contribution in [0.25, 0.3) is 0 Å². The first kappa shape index (κ1) is 25.2. The van der Waals surface area contributed by atoms with Crippen LogP contribution in [0.15, 0.2) is 36.7 Å². The second kappa shape index (κ2) is 11.7. The van der Waals surface area contributed by atoms with Gasteiger partial charge in [-0.15, -0.1) is 0 Å². The van der Waals surface area contributed by atoms with Gasteiger partial charge in [0.2, 0.25) is 0 Å². The highest BCUT2D eigenvalue weighted by molar-refractivity contribution is 5.77. The second-order valence-electron chi connectivity index (χ2n) is 9.41.